The van der Waals surface area contributed by atoms with Gasteiger partial charge in [0.15, 0.2) is 0 Å². The van der Waals surface area contributed by atoms with Crippen molar-refractivity contribution in [3.05, 3.63) is 35.4 Å². The van der Waals surface area contributed by atoms with Crippen molar-refractivity contribution in [2.45, 2.75) is 38.8 Å². The van der Waals surface area contributed by atoms with E-state index in [1.165, 1.54) is 0 Å². The number of carbonyl (C=O) groups is 2. The first-order chi connectivity index (χ1) is 9.59. The fourth-order valence-electron chi connectivity index (χ4n) is 2.23. The molecule has 114 valence electrons. The van der Waals surface area contributed by atoms with Crippen LogP contribution in [0.4, 0.5) is 0 Å². The number of carbonyl (C=O) groups excluding carboxylic acids is 2. The Hall–Kier alpha value is -1.24. The Labute approximate surface area is 130 Å². The highest BCUT2D eigenvalue weighted by Crippen LogP contribution is 2.38. The van der Waals surface area contributed by atoms with Crippen LogP contribution in [0.25, 0.3) is 0 Å². The Morgan fingerprint density at radius 1 is 1.05 bits per heavy atom. The second-order valence-electron chi connectivity index (χ2n) is 5.84. The van der Waals surface area contributed by atoms with Gasteiger partial charge in [-0.1, -0.05) is 12.1 Å². The largest absolute Gasteiger partial charge is 0.270 e. The van der Waals surface area contributed by atoms with E-state index in [0.29, 0.717) is 11.1 Å². The fourth-order valence-corrected chi connectivity index (χ4v) is 3.24. The van der Waals surface area contributed by atoms with E-state index in [2.05, 4.69) is 0 Å². The van der Waals surface area contributed by atoms with Crippen LogP contribution in [0.3, 0.4) is 0 Å². The summed E-state index contributed by atoms with van der Waals surface area (Å²) in [5.74, 6) is -0.782. The standard InChI is InChI=1S/C14H16ClNO4S/c1-13(2,14(3,4)20-21(15)19)16-11(17)9-7-5-6-8-10(9)12(16)18/h5-8H,1-4H3. The quantitative estimate of drug-likeness (QED) is 0.629. The second kappa shape index (κ2) is 5.19. The highest BCUT2D eigenvalue weighted by molar-refractivity contribution is 8.04. The molecule has 2 rings (SSSR count). The zero-order valence-corrected chi connectivity index (χ0v) is 13.7. The molecule has 0 spiro atoms. The maximum absolute atomic E-state index is 12.5. The highest BCUT2D eigenvalue weighted by Gasteiger charge is 2.52. The Balaban J connectivity index is 2.46. The average molecular weight is 330 g/mol. The van der Waals surface area contributed by atoms with Gasteiger partial charge in [-0.3, -0.25) is 18.7 Å². The van der Waals surface area contributed by atoms with Gasteiger partial charge in [0.25, 0.3) is 22.1 Å². The maximum atomic E-state index is 12.5. The lowest BCUT2D eigenvalue weighted by molar-refractivity contribution is -0.0236. The predicted octanol–water partition coefficient (Wildman–Crippen LogP) is 2.67. The van der Waals surface area contributed by atoms with Crippen LogP contribution in [0.2, 0.25) is 0 Å². The van der Waals surface area contributed by atoms with Crippen molar-refractivity contribution in [2.75, 3.05) is 0 Å². The molecular weight excluding hydrogens is 314 g/mol. The zero-order chi connectivity index (χ0) is 16.0. The van der Waals surface area contributed by atoms with Gasteiger partial charge in [-0.15, -0.1) is 0 Å². The van der Waals surface area contributed by atoms with Crippen LogP contribution < -0.4 is 0 Å². The Morgan fingerprint density at radius 3 is 1.86 bits per heavy atom. The number of nitrogens with zero attached hydrogens (tertiary/aromatic N) is 1. The minimum atomic E-state index is -2.03. The van der Waals surface area contributed by atoms with Crippen LogP contribution >= 0.6 is 10.7 Å². The molecule has 1 atom stereocenters. The molecule has 0 saturated carbocycles. The third-order valence-corrected chi connectivity index (χ3v) is 4.84. The summed E-state index contributed by atoms with van der Waals surface area (Å²) in [7, 11) is 3.37. The molecule has 0 bridgehead atoms. The van der Waals surface area contributed by atoms with Gasteiger partial charge in [0.05, 0.1) is 16.7 Å². The van der Waals surface area contributed by atoms with Gasteiger partial charge in [0.2, 0.25) is 0 Å². The molecule has 1 unspecified atom stereocenters. The van der Waals surface area contributed by atoms with Crippen molar-refractivity contribution in [3.63, 3.8) is 0 Å². The van der Waals surface area contributed by atoms with E-state index in [1.54, 1.807) is 52.0 Å². The minimum Gasteiger partial charge on any atom is -0.270 e. The molecule has 0 saturated heterocycles. The minimum absolute atomic E-state index is 0.360. The van der Waals surface area contributed by atoms with Crippen molar-refractivity contribution in [1.82, 2.24) is 4.90 Å². The van der Waals surface area contributed by atoms with Crippen LogP contribution in [0.5, 0.6) is 0 Å². The van der Waals surface area contributed by atoms with Crippen molar-refractivity contribution in [3.8, 4) is 0 Å². The Bertz CT molecular complexity index is 607. The Kier molecular flexibility index (Phi) is 3.99. The molecule has 0 fully saturated rings. The maximum Gasteiger partial charge on any atom is 0.262 e. The molecule has 1 aliphatic heterocycles. The first-order valence-corrected chi connectivity index (χ1v) is 8.25. The fraction of sp³-hybridized carbons (Fsp3) is 0.429. The summed E-state index contributed by atoms with van der Waals surface area (Å²) in [6.45, 7) is 6.63. The van der Waals surface area contributed by atoms with Crippen molar-refractivity contribution < 1.29 is 18.0 Å². The molecule has 1 aromatic carbocycles. The highest BCUT2D eigenvalue weighted by atomic mass is 35.7. The molecule has 0 radical (unpaired) electrons. The number of fused-ring (bicyclic) bond motifs is 1. The number of amides is 2. The van der Waals surface area contributed by atoms with Crippen LogP contribution in [-0.4, -0.2) is 32.1 Å². The molecule has 1 heterocycles. The van der Waals surface area contributed by atoms with Gasteiger partial charge in [-0.2, -0.15) is 0 Å². The molecule has 7 heteroatoms. The van der Waals surface area contributed by atoms with Gasteiger partial charge in [-0.05, 0) is 39.8 Å². The van der Waals surface area contributed by atoms with E-state index in [4.69, 9.17) is 14.9 Å². The van der Waals surface area contributed by atoms with E-state index in [9.17, 15) is 13.8 Å². The summed E-state index contributed by atoms with van der Waals surface area (Å²) >= 11 is 0. The smallest absolute Gasteiger partial charge is 0.262 e. The van der Waals surface area contributed by atoms with E-state index in [0.717, 1.165) is 4.90 Å². The predicted molar refractivity (Wildman–Crippen MR) is 80.2 cm³/mol. The topological polar surface area (TPSA) is 63.7 Å². The molecule has 0 N–H and O–H groups in total. The number of halogens is 1. The summed E-state index contributed by atoms with van der Waals surface area (Å²) in [5.41, 5.74) is -1.41. The third kappa shape index (κ3) is 2.52. The van der Waals surface area contributed by atoms with Crippen LogP contribution in [0.15, 0.2) is 24.3 Å². The monoisotopic (exact) mass is 329 g/mol. The van der Waals surface area contributed by atoms with E-state index < -0.39 is 33.2 Å². The lowest BCUT2D eigenvalue weighted by Gasteiger charge is -2.44. The number of benzene rings is 1. The average Bonchev–Trinajstić information content (AvgIpc) is 2.61. The molecule has 0 aromatic heterocycles. The summed E-state index contributed by atoms with van der Waals surface area (Å²) in [5, 5.41) is 0. The molecule has 1 aromatic rings. The Morgan fingerprint density at radius 2 is 1.48 bits per heavy atom. The van der Waals surface area contributed by atoms with E-state index in [-0.39, 0.29) is 0 Å². The molecule has 0 aliphatic carbocycles. The van der Waals surface area contributed by atoms with Gasteiger partial charge in [-0.25, -0.2) is 4.21 Å². The van der Waals surface area contributed by atoms with Crippen molar-refractivity contribution in [1.29, 1.82) is 0 Å². The van der Waals surface area contributed by atoms with Gasteiger partial charge in [0, 0.05) is 10.7 Å². The lowest BCUT2D eigenvalue weighted by atomic mass is 9.84. The normalized spacial score (nSPS) is 17.1. The molecular formula is C14H16ClNO4S. The summed E-state index contributed by atoms with van der Waals surface area (Å²) in [6, 6.07) is 6.63. The third-order valence-electron chi connectivity index (χ3n) is 4.10. The molecule has 5 nitrogen and oxygen atoms in total. The van der Waals surface area contributed by atoms with Gasteiger partial charge >= 0.3 is 0 Å². The summed E-state index contributed by atoms with van der Waals surface area (Å²) in [4.78, 5) is 26.2. The number of imide groups is 1. The summed E-state index contributed by atoms with van der Waals surface area (Å²) in [6.07, 6.45) is 0. The van der Waals surface area contributed by atoms with Gasteiger partial charge in [0.1, 0.15) is 5.60 Å². The van der Waals surface area contributed by atoms with E-state index >= 15 is 0 Å². The van der Waals surface area contributed by atoms with Crippen molar-refractivity contribution >= 4 is 32.8 Å². The second-order valence-corrected chi connectivity index (χ2v) is 7.15. The first kappa shape index (κ1) is 16.1. The SMILES string of the molecule is CC(C)(OS(=O)Cl)C(C)(C)N1C(=O)c2ccccc2C1=O. The zero-order valence-electron chi connectivity index (χ0n) is 12.2. The number of hydrogen-bond donors (Lipinski definition) is 0. The molecule has 21 heavy (non-hydrogen) atoms. The van der Waals surface area contributed by atoms with E-state index in [1.807, 2.05) is 0 Å². The van der Waals surface area contributed by atoms with Gasteiger partial charge < -0.3 is 0 Å². The van der Waals surface area contributed by atoms with Crippen molar-refractivity contribution in [2.24, 2.45) is 0 Å². The van der Waals surface area contributed by atoms with Crippen LogP contribution in [-0.2, 0) is 14.5 Å². The first-order valence-electron chi connectivity index (χ1n) is 6.35. The molecule has 2 amide bonds. The molecule has 1 aliphatic rings. The van der Waals surface area contributed by atoms with Crippen LogP contribution in [0.1, 0.15) is 48.4 Å². The number of rotatable bonds is 4. The van der Waals surface area contributed by atoms with Crippen LogP contribution in [0, 0.1) is 0 Å². The number of hydrogen-bond acceptors (Lipinski definition) is 4. The summed E-state index contributed by atoms with van der Waals surface area (Å²) < 4.78 is 16.4. The lowest BCUT2D eigenvalue weighted by Crippen LogP contribution is -2.60.